The monoisotopic (exact) mass is 351 g/mol. The topological polar surface area (TPSA) is 81.9 Å². The van der Waals surface area contributed by atoms with Gasteiger partial charge < -0.3 is 10.1 Å². The molecule has 7 heteroatoms. The van der Waals surface area contributed by atoms with Gasteiger partial charge in [-0.2, -0.15) is 0 Å². The van der Waals surface area contributed by atoms with E-state index >= 15 is 0 Å². The molecule has 3 aromatic rings. The van der Waals surface area contributed by atoms with E-state index < -0.39 is 0 Å². The van der Waals surface area contributed by atoms with Crippen molar-refractivity contribution in [3.8, 4) is 11.4 Å². The van der Waals surface area contributed by atoms with Crippen LogP contribution in [-0.4, -0.2) is 32.7 Å². The Morgan fingerprint density at radius 2 is 1.88 bits per heavy atom. The molecule has 1 amide bonds. The predicted molar refractivity (Wildman–Crippen MR) is 98.5 cm³/mol. The summed E-state index contributed by atoms with van der Waals surface area (Å²) in [5.74, 6) is 0.757. The number of anilines is 1. The molecule has 1 heterocycles. The molecule has 7 nitrogen and oxygen atoms in total. The molecule has 0 aliphatic rings. The molecule has 0 saturated carbocycles. The first kappa shape index (κ1) is 17.6. The third kappa shape index (κ3) is 4.05. The second-order valence-corrected chi connectivity index (χ2v) is 6.12. The smallest absolute Gasteiger partial charge is 0.227 e. The Morgan fingerprint density at radius 1 is 1.12 bits per heavy atom. The standard InChI is InChI=1S/C19H21N5O2/c1-13-5-4-6-14(2)19(13)26-10-9-18(25)21-16-7-8-17(15(3)11-16)24-12-20-22-23-24/h4-8,11-12H,9-10H2,1-3H3,(H,21,25). The summed E-state index contributed by atoms with van der Waals surface area (Å²) >= 11 is 0. The van der Waals surface area contributed by atoms with Gasteiger partial charge in [-0.3, -0.25) is 4.79 Å². The molecule has 1 aromatic heterocycles. The van der Waals surface area contributed by atoms with Crippen LogP contribution in [0.2, 0.25) is 0 Å². The molecule has 1 N–H and O–H groups in total. The number of para-hydroxylation sites is 1. The molecule has 0 atom stereocenters. The molecule has 0 radical (unpaired) electrons. The van der Waals surface area contributed by atoms with Crippen molar-refractivity contribution in [3.63, 3.8) is 0 Å². The molecule has 26 heavy (non-hydrogen) atoms. The average Bonchev–Trinajstić information content (AvgIpc) is 3.12. The van der Waals surface area contributed by atoms with Crippen molar-refractivity contribution < 1.29 is 9.53 Å². The third-order valence-electron chi connectivity index (χ3n) is 4.06. The molecule has 134 valence electrons. The van der Waals surface area contributed by atoms with E-state index in [0.717, 1.165) is 33.8 Å². The van der Waals surface area contributed by atoms with Gasteiger partial charge in [0.05, 0.1) is 18.7 Å². The van der Waals surface area contributed by atoms with E-state index in [1.807, 2.05) is 57.2 Å². The van der Waals surface area contributed by atoms with Gasteiger partial charge in [0.1, 0.15) is 12.1 Å². The van der Waals surface area contributed by atoms with Crippen LogP contribution in [0.3, 0.4) is 0 Å². The second-order valence-electron chi connectivity index (χ2n) is 6.12. The number of nitrogens with zero attached hydrogens (tertiary/aromatic N) is 4. The Labute approximate surface area is 152 Å². The van der Waals surface area contributed by atoms with Gasteiger partial charge in [-0.15, -0.1) is 5.10 Å². The second kappa shape index (κ2) is 7.77. The van der Waals surface area contributed by atoms with E-state index in [0.29, 0.717) is 6.61 Å². The number of ether oxygens (including phenoxy) is 1. The van der Waals surface area contributed by atoms with Crippen LogP contribution in [0.5, 0.6) is 5.75 Å². The van der Waals surface area contributed by atoms with Crippen molar-refractivity contribution in [2.24, 2.45) is 0 Å². The number of rotatable bonds is 6. The van der Waals surface area contributed by atoms with Crippen LogP contribution in [0, 0.1) is 20.8 Å². The van der Waals surface area contributed by atoms with Crippen LogP contribution in [0.4, 0.5) is 5.69 Å². The van der Waals surface area contributed by atoms with Crippen molar-refractivity contribution in [1.82, 2.24) is 20.2 Å². The van der Waals surface area contributed by atoms with Gasteiger partial charge >= 0.3 is 0 Å². The van der Waals surface area contributed by atoms with Crippen molar-refractivity contribution in [1.29, 1.82) is 0 Å². The number of amides is 1. The highest BCUT2D eigenvalue weighted by molar-refractivity contribution is 5.91. The van der Waals surface area contributed by atoms with Gasteiger partial charge in [0.25, 0.3) is 0 Å². The summed E-state index contributed by atoms with van der Waals surface area (Å²) in [5, 5.41) is 14.0. The Hall–Kier alpha value is -3.22. The number of tetrazole rings is 1. The van der Waals surface area contributed by atoms with Gasteiger partial charge in [0.2, 0.25) is 5.91 Å². The van der Waals surface area contributed by atoms with Gasteiger partial charge in [-0.25, -0.2) is 4.68 Å². The molecule has 0 saturated heterocycles. The Bertz CT molecular complexity index is 886. The number of aryl methyl sites for hydroxylation is 3. The van der Waals surface area contributed by atoms with E-state index in [-0.39, 0.29) is 12.3 Å². The fourth-order valence-corrected chi connectivity index (χ4v) is 2.76. The number of nitrogens with one attached hydrogen (secondary N) is 1. The van der Waals surface area contributed by atoms with E-state index in [1.54, 1.807) is 4.68 Å². The van der Waals surface area contributed by atoms with Gasteiger partial charge in [-0.1, -0.05) is 18.2 Å². The molecule has 0 unspecified atom stereocenters. The lowest BCUT2D eigenvalue weighted by atomic mass is 10.1. The van der Waals surface area contributed by atoms with E-state index in [1.165, 1.54) is 6.33 Å². The number of benzene rings is 2. The summed E-state index contributed by atoms with van der Waals surface area (Å²) in [6, 6.07) is 11.6. The van der Waals surface area contributed by atoms with Crippen LogP contribution >= 0.6 is 0 Å². The van der Waals surface area contributed by atoms with Crippen LogP contribution in [0.25, 0.3) is 5.69 Å². The summed E-state index contributed by atoms with van der Waals surface area (Å²) in [6.07, 6.45) is 1.81. The quantitative estimate of drug-likeness (QED) is 0.738. The zero-order chi connectivity index (χ0) is 18.5. The van der Waals surface area contributed by atoms with Gasteiger partial charge in [-0.05, 0) is 66.1 Å². The summed E-state index contributed by atoms with van der Waals surface area (Å²) in [4.78, 5) is 12.2. The van der Waals surface area contributed by atoms with Crippen molar-refractivity contribution >= 4 is 11.6 Å². The highest BCUT2D eigenvalue weighted by atomic mass is 16.5. The number of carbonyl (C=O) groups excluding carboxylic acids is 1. The minimum atomic E-state index is -0.0918. The van der Waals surface area contributed by atoms with Crippen LogP contribution in [0.15, 0.2) is 42.7 Å². The fraction of sp³-hybridized carbons (Fsp3) is 0.263. The first-order valence-corrected chi connectivity index (χ1v) is 8.37. The first-order chi connectivity index (χ1) is 12.5. The number of hydrogen-bond donors (Lipinski definition) is 1. The molecular formula is C19H21N5O2. The van der Waals surface area contributed by atoms with Crippen molar-refractivity contribution in [3.05, 3.63) is 59.4 Å². The Kier molecular flexibility index (Phi) is 5.26. The normalized spacial score (nSPS) is 10.6. The Balaban J connectivity index is 1.56. The first-order valence-electron chi connectivity index (χ1n) is 8.37. The fourth-order valence-electron chi connectivity index (χ4n) is 2.76. The van der Waals surface area contributed by atoms with Crippen molar-refractivity contribution in [2.45, 2.75) is 27.2 Å². The molecular weight excluding hydrogens is 330 g/mol. The third-order valence-corrected chi connectivity index (χ3v) is 4.06. The summed E-state index contributed by atoms with van der Waals surface area (Å²) in [5.41, 5.74) is 4.70. The molecule has 0 fully saturated rings. The lowest BCUT2D eigenvalue weighted by Crippen LogP contribution is -2.16. The zero-order valence-electron chi connectivity index (χ0n) is 15.1. The highest BCUT2D eigenvalue weighted by Crippen LogP contribution is 2.22. The van der Waals surface area contributed by atoms with E-state index in [4.69, 9.17) is 4.74 Å². The Morgan fingerprint density at radius 3 is 2.54 bits per heavy atom. The molecule has 0 bridgehead atoms. The SMILES string of the molecule is Cc1cc(NC(=O)CCOc2c(C)cccc2C)ccc1-n1cnnn1. The van der Waals surface area contributed by atoms with Crippen LogP contribution in [0.1, 0.15) is 23.1 Å². The van der Waals surface area contributed by atoms with E-state index in [2.05, 4.69) is 20.8 Å². The summed E-state index contributed by atoms with van der Waals surface area (Å²) in [6.45, 7) is 6.27. The lowest BCUT2D eigenvalue weighted by Gasteiger charge is -2.12. The highest BCUT2D eigenvalue weighted by Gasteiger charge is 2.08. The minimum absolute atomic E-state index is 0.0918. The zero-order valence-corrected chi connectivity index (χ0v) is 15.1. The average molecular weight is 351 g/mol. The lowest BCUT2D eigenvalue weighted by molar-refractivity contribution is -0.116. The van der Waals surface area contributed by atoms with Crippen molar-refractivity contribution in [2.75, 3.05) is 11.9 Å². The molecule has 0 aliphatic heterocycles. The maximum Gasteiger partial charge on any atom is 0.227 e. The van der Waals surface area contributed by atoms with Crippen LogP contribution in [-0.2, 0) is 4.79 Å². The van der Waals surface area contributed by atoms with Gasteiger partial charge in [0, 0.05) is 5.69 Å². The molecule has 2 aromatic carbocycles. The minimum Gasteiger partial charge on any atom is -0.493 e. The van der Waals surface area contributed by atoms with E-state index in [9.17, 15) is 4.79 Å². The van der Waals surface area contributed by atoms with Gasteiger partial charge in [0.15, 0.2) is 0 Å². The maximum absolute atomic E-state index is 12.2. The maximum atomic E-state index is 12.2. The molecule has 0 spiro atoms. The molecule has 3 rings (SSSR count). The number of aromatic nitrogens is 4. The molecule has 0 aliphatic carbocycles. The van der Waals surface area contributed by atoms with Crippen LogP contribution < -0.4 is 10.1 Å². The summed E-state index contributed by atoms with van der Waals surface area (Å²) < 4.78 is 7.36. The largest absolute Gasteiger partial charge is 0.493 e. The number of carbonyl (C=O) groups is 1. The predicted octanol–water partition coefficient (Wildman–Crippen LogP) is 3.00. The summed E-state index contributed by atoms with van der Waals surface area (Å²) in [7, 11) is 0. The number of hydrogen-bond acceptors (Lipinski definition) is 5.